The van der Waals surface area contributed by atoms with Crippen LogP contribution in [0.3, 0.4) is 0 Å². The molecule has 0 aromatic heterocycles. The highest BCUT2D eigenvalue weighted by Crippen LogP contribution is 2.21. The third kappa shape index (κ3) is 2.97. The maximum absolute atomic E-state index is 12.0. The summed E-state index contributed by atoms with van der Waals surface area (Å²) in [7, 11) is 0. The van der Waals surface area contributed by atoms with Crippen LogP contribution in [0.4, 0.5) is 5.69 Å². The second kappa shape index (κ2) is 5.75. The van der Waals surface area contributed by atoms with Crippen molar-refractivity contribution in [2.45, 2.75) is 20.8 Å². The predicted octanol–water partition coefficient (Wildman–Crippen LogP) is 3.88. The number of carbonyl (C=O) groups excluding carboxylic acids is 1. The van der Waals surface area contributed by atoms with Crippen molar-refractivity contribution in [2.24, 2.45) is 11.8 Å². The largest absolute Gasteiger partial charge is 0.325 e. The van der Waals surface area contributed by atoms with E-state index in [0.29, 0.717) is 0 Å². The minimum absolute atomic E-state index is 0.00288. The molecule has 3 heteroatoms. The van der Waals surface area contributed by atoms with Gasteiger partial charge in [-0.3, -0.25) is 4.79 Å². The molecular weight excluding hydrogens is 248 g/mol. The Hall–Kier alpha value is -2.34. The van der Waals surface area contributed by atoms with Crippen molar-refractivity contribution in [3.63, 3.8) is 0 Å². The molecule has 0 saturated heterocycles. The molecule has 102 valence electrons. The summed E-state index contributed by atoms with van der Waals surface area (Å²) in [4.78, 5) is 12.0. The number of nitrogens with zero attached hydrogens (tertiary/aromatic N) is 1. The molecule has 0 spiro atoms. The van der Waals surface area contributed by atoms with Gasteiger partial charge in [-0.25, -0.2) is 0 Å². The number of aryl methyl sites for hydroxylation is 1. The number of benzene rings is 2. The van der Waals surface area contributed by atoms with Gasteiger partial charge in [-0.15, -0.1) is 0 Å². The van der Waals surface area contributed by atoms with E-state index in [9.17, 15) is 4.79 Å². The topological polar surface area (TPSA) is 52.9 Å². The molecule has 1 amide bonds. The predicted molar refractivity (Wildman–Crippen MR) is 81.3 cm³/mol. The molecule has 0 fully saturated rings. The minimum Gasteiger partial charge on any atom is -0.325 e. The highest BCUT2D eigenvalue weighted by atomic mass is 16.1. The molecule has 2 rings (SSSR count). The summed E-state index contributed by atoms with van der Waals surface area (Å²) < 4.78 is 0. The molecule has 2 aromatic carbocycles. The lowest BCUT2D eigenvalue weighted by Gasteiger charge is -2.13. The van der Waals surface area contributed by atoms with Crippen molar-refractivity contribution in [2.75, 3.05) is 5.32 Å². The number of rotatable bonds is 3. The molecule has 0 bridgehead atoms. The van der Waals surface area contributed by atoms with Crippen molar-refractivity contribution in [3.05, 3.63) is 42.0 Å². The molecule has 0 saturated carbocycles. The van der Waals surface area contributed by atoms with Crippen LogP contribution >= 0.6 is 0 Å². The molecule has 0 heterocycles. The van der Waals surface area contributed by atoms with Gasteiger partial charge in [-0.05, 0) is 35.7 Å². The van der Waals surface area contributed by atoms with Gasteiger partial charge in [0, 0.05) is 5.69 Å². The Morgan fingerprint density at radius 2 is 1.80 bits per heavy atom. The Morgan fingerprint density at radius 3 is 2.45 bits per heavy atom. The average molecular weight is 266 g/mol. The van der Waals surface area contributed by atoms with Crippen LogP contribution in [0.15, 0.2) is 36.4 Å². The first-order valence-electron chi connectivity index (χ1n) is 6.72. The summed E-state index contributed by atoms with van der Waals surface area (Å²) >= 11 is 0. The fourth-order valence-corrected chi connectivity index (χ4v) is 2.17. The van der Waals surface area contributed by atoms with E-state index in [2.05, 4.69) is 24.4 Å². The van der Waals surface area contributed by atoms with Crippen LogP contribution in [0.25, 0.3) is 10.8 Å². The standard InChI is InChI=1S/C17H18N2O/c1-11(2)16(10-18)17(20)19-15-7-6-13-8-12(3)4-5-14(13)9-15/h4-9,11,16H,1-3H3,(H,19,20). The fraction of sp³-hybridized carbons (Fsp3) is 0.294. The van der Waals surface area contributed by atoms with E-state index >= 15 is 0 Å². The molecule has 2 aromatic rings. The highest BCUT2D eigenvalue weighted by molar-refractivity contribution is 5.96. The Bertz CT molecular complexity index is 683. The van der Waals surface area contributed by atoms with Gasteiger partial charge in [0.25, 0.3) is 0 Å². The maximum Gasteiger partial charge on any atom is 0.241 e. The zero-order valence-electron chi connectivity index (χ0n) is 12.0. The lowest BCUT2D eigenvalue weighted by atomic mass is 9.96. The van der Waals surface area contributed by atoms with Gasteiger partial charge in [0.15, 0.2) is 0 Å². The van der Waals surface area contributed by atoms with Crippen molar-refractivity contribution >= 4 is 22.4 Å². The SMILES string of the molecule is Cc1ccc2cc(NC(=O)C(C#N)C(C)C)ccc2c1. The Labute approximate surface area is 119 Å². The molecular formula is C17H18N2O. The summed E-state index contributed by atoms with van der Waals surface area (Å²) in [6, 6.07) is 14.0. The average Bonchev–Trinajstić information content (AvgIpc) is 2.39. The lowest BCUT2D eigenvalue weighted by molar-refractivity contribution is -0.119. The first-order chi connectivity index (χ1) is 9.51. The van der Waals surface area contributed by atoms with E-state index in [0.717, 1.165) is 16.5 Å². The van der Waals surface area contributed by atoms with Crippen LogP contribution in [0.5, 0.6) is 0 Å². The van der Waals surface area contributed by atoms with Crippen LogP contribution in [0.2, 0.25) is 0 Å². The first kappa shape index (κ1) is 14.1. The van der Waals surface area contributed by atoms with Crippen molar-refractivity contribution in [3.8, 4) is 6.07 Å². The first-order valence-corrected chi connectivity index (χ1v) is 6.72. The van der Waals surface area contributed by atoms with Crippen LogP contribution < -0.4 is 5.32 Å². The monoisotopic (exact) mass is 266 g/mol. The summed E-state index contributed by atoms with van der Waals surface area (Å²) in [5, 5.41) is 14.1. The minimum atomic E-state index is -0.622. The van der Waals surface area contributed by atoms with Gasteiger partial charge in [-0.2, -0.15) is 5.26 Å². The molecule has 0 radical (unpaired) electrons. The van der Waals surface area contributed by atoms with Crippen LogP contribution in [-0.4, -0.2) is 5.91 Å². The molecule has 0 aliphatic rings. The number of fused-ring (bicyclic) bond motifs is 1. The zero-order chi connectivity index (χ0) is 14.7. The van der Waals surface area contributed by atoms with E-state index in [-0.39, 0.29) is 11.8 Å². The van der Waals surface area contributed by atoms with Gasteiger partial charge >= 0.3 is 0 Å². The van der Waals surface area contributed by atoms with E-state index in [1.54, 1.807) is 0 Å². The molecule has 3 nitrogen and oxygen atoms in total. The van der Waals surface area contributed by atoms with Crippen molar-refractivity contribution < 1.29 is 4.79 Å². The molecule has 0 aliphatic heterocycles. The molecule has 1 unspecified atom stereocenters. The third-order valence-corrected chi connectivity index (χ3v) is 3.35. The normalized spacial score (nSPS) is 12.2. The second-order valence-corrected chi connectivity index (χ2v) is 5.41. The molecule has 20 heavy (non-hydrogen) atoms. The maximum atomic E-state index is 12.0. The van der Waals surface area contributed by atoms with Crippen molar-refractivity contribution in [1.29, 1.82) is 5.26 Å². The highest BCUT2D eigenvalue weighted by Gasteiger charge is 2.21. The van der Waals surface area contributed by atoms with E-state index in [1.165, 1.54) is 5.56 Å². The number of anilines is 1. The summed E-state index contributed by atoms with van der Waals surface area (Å²) in [5.41, 5.74) is 1.94. The van der Waals surface area contributed by atoms with Gasteiger partial charge in [0.1, 0.15) is 5.92 Å². The van der Waals surface area contributed by atoms with E-state index in [4.69, 9.17) is 5.26 Å². The Morgan fingerprint density at radius 1 is 1.15 bits per heavy atom. The van der Waals surface area contributed by atoms with Crippen LogP contribution in [0.1, 0.15) is 19.4 Å². The molecule has 1 N–H and O–H groups in total. The number of nitriles is 1. The summed E-state index contributed by atoms with van der Waals surface area (Å²) in [5.74, 6) is -0.860. The van der Waals surface area contributed by atoms with Gasteiger partial charge < -0.3 is 5.32 Å². The number of carbonyl (C=O) groups is 1. The summed E-state index contributed by atoms with van der Waals surface area (Å²) in [6.45, 7) is 5.79. The van der Waals surface area contributed by atoms with Gasteiger partial charge in [-0.1, -0.05) is 43.7 Å². The lowest BCUT2D eigenvalue weighted by Crippen LogP contribution is -2.25. The van der Waals surface area contributed by atoms with E-state index < -0.39 is 5.92 Å². The quantitative estimate of drug-likeness (QED) is 0.916. The van der Waals surface area contributed by atoms with Gasteiger partial charge in [0.2, 0.25) is 5.91 Å². The number of hydrogen-bond donors (Lipinski definition) is 1. The van der Waals surface area contributed by atoms with Crippen LogP contribution in [-0.2, 0) is 4.79 Å². The molecule has 0 aliphatic carbocycles. The van der Waals surface area contributed by atoms with Crippen molar-refractivity contribution in [1.82, 2.24) is 0 Å². The Balaban J connectivity index is 2.24. The zero-order valence-corrected chi connectivity index (χ0v) is 12.0. The van der Waals surface area contributed by atoms with Gasteiger partial charge in [0.05, 0.1) is 6.07 Å². The Kier molecular flexibility index (Phi) is 4.05. The third-order valence-electron chi connectivity index (χ3n) is 3.35. The molecule has 1 atom stereocenters. The summed E-state index contributed by atoms with van der Waals surface area (Å²) in [6.07, 6.45) is 0. The second-order valence-electron chi connectivity index (χ2n) is 5.41. The fourth-order valence-electron chi connectivity index (χ4n) is 2.17. The number of hydrogen-bond acceptors (Lipinski definition) is 2. The smallest absolute Gasteiger partial charge is 0.241 e. The van der Waals surface area contributed by atoms with E-state index in [1.807, 2.05) is 44.2 Å². The number of amides is 1. The van der Waals surface area contributed by atoms with Crippen LogP contribution in [0, 0.1) is 30.1 Å². The number of nitrogens with one attached hydrogen (secondary N) is 1.